The van der Waals surface area contributed by atoms with Gasteiger partial charge in [0.15, 0.2) is 0 Å². The molecule has 2 amide bonds. The van der Waals surface area contributed by atoms with Gasteiger partial charge in [0.25, 0.3) is 0 Å². The van der Waals surface area contributed by atoms with E-state index in [0.29, 0.717) is 12.5 Å². The summed E-state index contributed by atoms with van der Waals surface area (Å²) < 4.78 is 5.27. The van der Waals surface area contributed by atoms with Gasteiger partial charge in [0, 0.05) is 26.3 Å². The molecule has 1 saturated heterocycles. The van der Waals surface area contributed by atoms with Gasteiger partial charge in [-0.1, -0.05) is 20.8 Å². The van der Waals surface area contributed by atoms with Gasteiger partial charge in [-0.3, -0.25) is 0 Å². The number of urea groups is 1. The molecule has 0 aromatic rings. The molecule has 0 aromatic heterocycles. The highest BCUT2D eigenvalue weighted by molar-refractivity contribution is 5.73. The first-order chi connectivity index (χ1) is 7.47. The molecule has 1 aliphatic heterocycles. The van der Waals surface area contributed by atoms with Crippen LogP contribution in [0.5, 0.6) is 0 Å². The average Bonchev–Trinajstić information content (AvgIpc) is 2.24. The van der Waals surface area contributed by atoms with Crippen molar-refractivity contribution < 1.29 is 9.53 Å². The molecular weight excluding hydrogens is 204 g/mol. The Labute approximate surface area is 98.1 Å². The molecule has 0 radical (unpaired) electrons. The molecule has 2 N–H and O–H groups in total. The minimum atomic E-state index is -0.0542. The van der Waals surface area contributed by atoms with Crippen LogP contribution in [0.3, 0.4) is 0 Å². The summed E-state index contributed by atoms with van der Waals surface area (Å²) in [6, 6.07) is -0.0542. The Kier molecular flexibility index (Phi) is 5.06. The van der Waals surface area contributed by atoms with Gasteiger partial charge in [0.1, 0.15) is 0 Å². The van der Waals surface area contributed by atoms with Crippen molar-refractivity contribution in [2.45, 2.75) is 33.6 Å². The number of hydrogen-bond acceptors (Lipinski definition) is 2. The van der Waals surface area contributed by atoms with E-state index in [4.69, 9.17) is 4.74 Å². The van der Waals surface area contributed by atoms with E-state index in [1.54, 1.807) is 0 Å². The standard InChI is InChI=1S/C12H24N2O2/c1-12(2,3)9-14-11(15)13-8-10-4-6-16-7-5-10/h10H,4-9H2,1-3H3,(H2,13,14,15). The molecule has 1 rings (SSSR count). The van der Waals surface area contributed by atoms with Crippen LogP contribution in [0.25, 0.3) is 0 Å². The van der Waals surface area contributed by atoms with Crippen LogP contribution in [0.15, 0.2) is 0 Å². The molecule has 0 saturated carbocycles. The summed E-state index contributed by atoms with van der Waals surface area (Å²) in [6.45, 7) is 9.43. The normalized spacial score (nSPS) is 18.2. The molecular formula is C12H24N2O2. The number of ether oxygens (including phenoxy) is 1. The topological polar surface area (TPSA) is 50.4 Å². The number of nitrogens with one attached hydrogen (secondary N) is 2. The van der Waals surface area contributed by atoms with E-state index in [2.05, 4.69) is 31.4 Å². The highest BCUT2D eigenvalue weighted by atomic mass is 16.5. The predicted molar refractivity (Wildman–Crippen MR) is 64.4 cm³/mol. The maximum Gasteiger partial charge on any atom is 0.314 e. The van der Waals surface area contributed by atoms with Crippen LogP contribution in [0.1, 0.15) is 33.6 Å². The van der Waals surface area contributed by atoms with Crippen LogP contribution in [-0.4, -0.2) is 32.3 Å². The first-order valence-corrected chi connectivity index (χ1v) is 6.07. The molecule has 0 spiro atoms. The number of carbonyl (C=O) groups is 1. The summed E-state index contributed by atoms with van der Waals surface area (Å²) >= 11 is 0. The molecule has 0 bridgehead atoms. The minimum Gasteiger partial charge on any atom is -0.381 e. The van der Waals surface area contributed by atoms with Crippen LogP contribution in [0, 0.1) is 11.3 Å². The fourth-order valence-corrected chi connectivity index (χ4v) is 1.60. The second-order valence-electron chi connectivity index (χ2n) is 5.68. The highest BCUT2D eigenvalue weighted by Crippen LogP contribution is 2.13. The van der Waals surface area contributed by atoms with Gasteiger partial charge >= 0.3 is 6.03 Å². The molecule has 0 aromatic carbocycles. The van der Waals surface area contributed by atoms with Crippen LogP contribution in [0.4, 0.5) is 4.79 Å². The van der Waals surface area contributed by atoms with Crippen LogP contribution in [0.2, 0.25) is 0 Å². The molecule has 16 heavy (non-hydrogen) atoms. The van der Waals surface area contributed by atoms with Gasteiger partial charge < -0.3 is 15.4 Å². The number of carbonyl (C=O) groups excluding carboxylic acids is 1. The van der Waals surface area contributed by atoms with Crippen LogP contribution < -0.4 is 10.6 Å². The van der Waals surface area contributed by atoms with Gasteiger partial charge in [-0.2, -0.15) is 0 Å². The lowest BCUT2D eigenvalue weighted by Gasteiger charge is -2.23. The first-order valence-electron chi connectivity index (χ1n) is 6.07. The zero-order chi connectivity index (χ0) is 12.0. The van der Waals surface area contributed by atoms with Gasteiger partial charge in [-0.15, -0.1) is 0 Å². The maximum absolute atomic E-state index is 11.5. The summed E-state index contributed by atoms with van der Waals surface area (Å²) in [5, 5.41) is 5.80. The predicted octanol–water partition coefficient (Wildman–Crippen LogP) is 1.76. The molecule has 0 atom stereocenters. The fourth-order valence-electron chi connectivity index (χ4n) is 1.60. The van der Waals surface area contributed by atoms with Crippen molar-refractivity contribution in [2.24, 2.45) is 11.3 Å². The lowest BCUT2D eigenvalue weighted by atomic mass is 9.97. The first kappa shape index (κ1) is 13.3. The minimum absolute atomic E-state index is 0.0542. The molecule has 94 valence electrons. The van der Waals surface area contributed by atoms with E-state index in [-0.39, 0.29) is 11.4 Å². The van der Waals surface area contributed by atoms with Crippen molar-refractivity contribution in [3.8, 4) is 0 Å². The van der Waals surface area contributed by atoms with Crippen molar-refractivity contribution >= 4 is 6.03 Å². The Balaban J connectivity index is 2.09. The van der Waals surface area contributed by atoms with Crippen molar-refractivity contribution in [3.05, 3.63) is 0 Å². The SMILES string of the molecule is CC(C)(C)CNC(=O)NCC1CCOCC1. The second kappa shape index (κ2) is 6.09. The molecule has 4 nitrogen and oxygen atoms in total. The Morgan fingerprint density at radius 1 is 1.25 bits per heavy atom. The van der Waals surface area contributed by atoms with Crippen molar-refractivity contribution in [3.63, 3.8) is 0 Å². The van der Waals surface area contributed by atoms with Crippen molar-refractivity contribution in [1.82, 2.24) is 10.6 Å². The zero-order valence-electron chi connectivity index (χ0n) is 10.6. The third-order valence-corrected chi connectivity index (χ3v) is 2.67. The van der Waals surface area contributed by atoms with E-state index in [1.807, 2.05) is 0 Å². The molecule has 1 heterocycles. The Hall–Kier alpha value is -0.770. The molecule has 0 unspecified atom stereocenters. The van der Waals surface area contributed by atoms with Crippen molar-refractivity contribution in [1.29, 1.82) is 0 Å². The number of rotatable bonds is 3. The third kappa shape index (κ3) is 5.95. The number of hydrogen-bond donors (Lipinski definition) is 2. The van der Waals surface area contributed by atoms with Crippen LogP contribution >= 0.6 is 0 Å². The Morgan fingerprint density at radius 3 is 2.44 bits per heavy atom. The fraction of sp³-hybridized carbons (Fsp3) is 0.917. The maximum atomic E-state index is 11.5. The molecule has 4 heteroatoms. The summed E-state index contributed by atoms with van der Waals surface area (Å²) in [5.74, 6) is 0.578. The summed E-state index contributed by atoms with van der Waals surface area (Å²) in [6.07, 6.45) is 2.11. The molecule has 0 aliphatic carbocycles. The summed E-state index contributed by atoms with van der Waals surface area (Å²) in [7, 11) is 0. The van der Waals surface area contributed by atoms with Crippen LogP contribution in [-0.2, 0) is 4.74 Å². The van der Waals surface area contributed by atoms with E-state index < -0.39 is 0 Å². The summed E-state index contributed by atoms with van der Waals surface area (Å²) in [5.41, 5.74) is 0.135. The zero-order valence-corrected chi connectivity index (χ0v) is 10.6. The Bertz CT molecular complexity index is 218. The smallest absolute Gasteiger partial charge is 0.314 e. The van der Waals surface area contributed by atoms with E-state index >= 15 is 0 Å². The number of amides is 2. The van der Waals surface area contributed by atoms with Gasteiger partial charge in [0.05, 0.1) is 0 Å². The molecule has 1 aliphatic rings. The van der Waals surface area contributed by atoms with Crippen molar-refractivity contribution in [2.75, 3.05) is 26.3 Å². The monoisotopic (exact) mass is 228 g/mol. The van der Waals surface area contributed by atoms with E-state index in [9.17, 15) is 4.79 Å². The summed E-state index contributed by atoms with van der Waals surface area (Å²) in [4.78, 5) is 11.5. The van der Waals surface area contributed by atoms with Gasteiger partial charge in [-0.05, 0) is 24.2 Å². The second-order valence-corrected chi connectivity index (χ2v) is 5.68. The Morgan fingerprint density at radius 2 is 1.88 bits per heavy atom. The lowest BCUT2D eigenvalue weighted by Crippen LogP contribution is -2.42. The average molecular weight is 228 g/mol. The largest absolute Gasteiger partial charge is 0.381 e. The van der Waals surface area contributed by atoms with Gasteiger partial charge in [0.2, 0.25) is 0 Å². The highest BCUT2D eigenvalue weighted by Gasteiger charge is 2.15. The third-order valence-electron chi connectivity index (χ3n) is 2.67. The van der Waals surface area contributed by atoms with Gasteiger partial charge in [-0.25, -0.2) is 4.79 Å². The quantitative estimate of drug-likeness (QED) is 0.773. The molecule has 1 fully saturated rings. The lowest BCUT2D eigenvalue weighted by molar-refractivity contribution is 0.0669. The van der Waals surface area contributed by atoms with E-state index in [0.717, 1.165) is 32.6 Å². The van der Waals surface area contributed by atoms with E-state index in [1.165, 1.54) is 0 Å².